The van der Waals surface area contributed by atoms with Crippen molar-refractivity contribution >= 4 is 55.3 Å². The number of carbonyl (C=O) groups excluding carboxylic acids is 2. The molecule has 0 fully saturated rings. The van der Waals surface area contributed by atoms with Gasteiger partial charge in [-0.3, -0.25) is 20.4 Å². The molecule has 2 aromatic rings. The Morgan fingerprint density at radius 3 is 2.31 bits per heavy atom. The van der Waals surface area contributed by atoms with Gasteiger partial charge in [-0.1, -0.05) is 11.6 Å². The Morgan fingerprint density at radius 2 is 1.69 bits per heavy atom. The second-order valence-corrected chi connectivity index (χ2v) is 7.27. The predicted molar refractivity (Wildman–Crippen MR) is 106 cm³/mol. The van der Waals surface area contributed by atoms with Gasteiger partial charge in [0.15, 0.2) is 6.10 Å². The van der Waals surface area contributed by atoms with Gasteiger partial charge in [0.05, 0.1) is 16.1 Å². The average molecular weight is 507 g/mol. The molecule has 138 valence electrons. The SMILES string of the molecule is COc1ccc(C(=O)NNC(=O)C(C)Oc2ccc(Cl)cc2Br)cc1Br. The summed E-state index contributed by atoms with van der Waals surface area (Å²) in [6.07, 6.45) is -0.838. The van der Waals surface area contributed by atoms with E-state index in [1.807, 2.05) is 0 Å². The third-order valence-electron chi connectivity index (χ3n) is 3.28. The van der Waals surface area contributed by atoms with Gasteiger partial charge in [0.25, 0.3) is 11.8 Å². The Balaban J connectivity index is 1.92. The first-order valence-corrected chi connectivity index (χ1v) is 9.33. The molecule has 0 saturated carbocycles. The lowest BCUT2D eigenvalue weighted by molar-refractivity contribution is -0.128. The van der Waals surface area contributed by atoms with Crippen LogP contribution < -0.4 is 20.3 Å². The van der Waals surface area contributed by atoms with Crippen LogP contribution in [0.2, 0.25) is 5.02 Å². The molecule has 2 N–H and O–H groups in total. The average Bonchev–Trinajstić information content (AvgIpc) is 2.61. The second kappa shape index (κ2) is 9.25. The highest BCUT2D eigenvalue weighted by Gasteiger charge is 2.17. The Bertz CT molecular complexity index is 832. The second-order valence-electron chi connectivity index (χ2n) is 5.13. The minimum absolute atomic E-state index is 0.354. The predicted octanol–water partition coefficient (Wildman–Crippen LogP) is 4.10. The molecule has 26 heavy (non-hydrogen) atoms. The van der Waals surface area contributed by atoms with Gasteiger partial charge in [-0.15, -0.1) is 0 Å². The van der Waals surface area contributed by atoms with E-state index in [-0.39, 0.29) is 0 Å². The van der Waals surface area contributed by atoms with Crippen LogP contribution in [0.4, 0.5) is 0 Å². The highest BCUT2D eigenvalue weighted by Crippen LogP contribution is 2.28. The van der Waals surface area contributed by atoms with Crippen LogP contribution in [-0.4, -0.2) is 25.0 Å². The lowest BCUT2D eigenvalue weighted by atomic mass is 10.2. The number of methoxy groups -OCH3 is 1. The van der Waals surface area contributed by atoms with E-state index in [0.717, 1.165) is 0 Å². The molecule has 0 radical (unpaired) electrons. The normalized spacial score (nSPS) is 11.4. The number of rotatable bonds is 5. The molecule has 2 rings (SSSR count). The number of amides is 2. The van der Waals surface area contributed by atoms with E-state index in [1.165, 1.54) is 7.11 Å². The highest BCUT2D eigenvalue weighted by atomic mass is 79.9. The standard InChI is InChI=1S/C17H15Br2ClN2O4/c1-9(26-15-6-4-11(20)8-13(15)19)16(23)21-22-17(24)10-3-5-14(25-2)12(18)7-10/h3-9H,1-2H3,(H,21,23)(H,22,24). The van der Waals surface area contributed by atoms with E-state index in [2.05, 4.69) is 42.7 Å². The number of hydrogen-bond donors (Lipinski definition) is 2. The Hall–Kier alpha value is -1.77. The molecule has 0 aliphatic rings. The van der Waals surface area contributed by atoms with Gasteiger partial charge in [0, 0.05) is 10.6 Å². The molecule has 0 aromatic heterocycles. The zero-order chi connectivity index (χ0) is 19.3. The van der Waals surface area contributed by atoms with Gasteiger partial charge >= 0.3 is 0 Å². The molecule has 6 nitrogen and oxygen atoms in total. The van der Waals surface area contributed by atoms with E-state index >= 15 is 0 Å². The van der Waals surface area contributed by atoms with Crippen LogP contribution in [0.15, 0.2) is 45.3 Å². The minimum atomic E-state index is -0.838. The third kappa shape index (κ3) is 5.36. The van der Waals surface area contributed by atoms with Crippen molar-refractivity contribution in [3.63, 3.8) is 0 Å². The van der Waals surface area contributed by atoms with Crippen LogP contribution in [0.3, 0.4) is 0 Å². The van der Waals surface area contributed by atoms with Gasteiger partial charge in [-0.05, 0) is 75.2 Å². The van der Waals surface area contributed by atoms with Crippen molar-refractivity contribution in [2.45, 2.75) is 13.0 Å². The largest absolute Gasteiger partial charge is 0.496 e. The molecular weight excluding hydrogens is 491 g/mol. The number of hydrazine groups is 1. The molecule has 0 heterocycles. The molecule has 0 saturated heterocycles. The molecule has 9 heteroatoms. The van der Waals surface area contributed by atoms with Gasteiger partial charge in [0.1, 0.15) is 11.5 Å². The summed E-state index contributed by atoms with van der Waals surface area (Å²) in [5, 5.41) is 0.541. The summed E-state index contributed by atoms with van der Waals surface area (Å²) in [7, 11) is 1.53. The van der Waals surface area contributed by atoms with Crippen LogP contribution in [0.5, 0.6) is 11.5 Å². The molecule has 0 aliphatic heterocycles. The number of carbonyl (C=O) groups is 2. The Kier molecular flexibility index (Phi) is 7.31. The maximum Gasteiger partial charge on any atom is 0.279 e. The summed E-state index contributed by atoms with van der Waals surface area (Å²) < 4.78 is 11.9. The summed E-state index contributed by atoms with van der Waals surface area (Å²) in [6.45, 7) is 1.56. The Labute approximate surface area is 172 Å². The van der Waals surface area contributed by atoms with E-state index in [9.17, 15) is 9.59 Å². The van der Waals surface area contributed by atoms with Crippen LogP contribution in [-0.2, 0) is 4.79 Å². The zero-order valence-corrected chi connectivity index (χ0v) is 17.7. The van der Waals surface area contributed by atoms with Gasteiger partial charge in [0.2, 0.25) is 0 Å². The lowest BCUT2D eigenvalue weighted by Crippen LogP contribution is -2.47. The summed E-state index contributed by atoms with van der Waals surface area (Å²) in [6, 6.07) is 9.76. The van der Waals surface area contributed by atoms with Gasteiger partial charge in [-0.2, -0.15) is 0 Å². The van der Waals surface area contributed by atoms with E-state index in [4.69, 9.17) is 21.1 Å². The van der Waals surface area contributed by atoms with Crippen molar-refractivity contribution in [3.8, 4) is 11.5 Å². The number of ether oxygens (including phenoxy) is 2. The number of benzene rings is 2. The fraction of sp³-hybridized carbons (Fsp3) is 0.176. The number of halogens is 3. The van der Waals surface area contributed by atoms with E-state index in [0.29, 0.717) is 31.0 Å². The summed E-state index contributed by atoms with van der Waals surface area (Å²) in [4.78, 5) is 24.2. The number of nitrogens with one attached hydrogen (secondary N) is 2. The first-order chi connectivity index (χ1) is 12.3. The third-order valence-corrected chi connectivity index (χ3v) is 4.75. The first kappa shape index (κ1) is 20.5. The smallest absolute Gasteiger partial charge is 0.279 e. The molecule has 0 spiro atoms. The first-order valence-electron chi connectivity index (χ1n) is 7.37. The Morgan fingerprint density at radius 1 is 1.04 bits per heavy atom. The highest BCUT2D eigenvalue weighted by molar-refractivity contribution is 9.10. The van der Waals surface area contributed by atoms with Crippen molar-refractivity contribution < 1.29 is 19.1 Å². The van der Waals surface area contributed by atoms with Crippen LogP contribution >= 0.6 is 43.5 Å². The van der Waals surface area contributed by atoms with Crippen LogP contribution in [0.1, 0.15) is 17.3 Å². The quantitative estimate of drug-likeness (QED) is 0.599. The van der Waals surface area contributed by atoms with Gasteiger partial charge < -0.3 is 9.47 Å². The molecular formula is C17H15Br2ClN2O4. The topological polar surface area (TPSA) is 76.7 Å². The van der Waals surface area contributed by atoms with E-state index < -0.39 is 17.9 Å². The minimum Gasteiger partial charge on any atom is -0.496 e. The van der Waals surface area contributed by atoms with Crippen molar-refractivity contribution in [3.05, 3.63) is 55.9 Å². The fourth-order valence-corrected chi connectivity index (χ4v) is 3.23. The van der Waals surface area contributed by atoms with Gasteiger partial charge in [-0.25, -0.2) is 0 Å². The molecule has 2 amide bonds. The molecule has 0 bridgehead atoms. The van der Waals surface area contributed by atoms with Crippen molar-refractivity contribution in [1.29, 1.82) is 0 Å². The number of hydrogen-bond acceptors (Lipinski definition) is 4. The van der Waals surface area contributed by atoms with Crippen LogP contribution in [0.25, 0.3) is 0 Å². The summed E-state index contributed by atoms with van der Waals surface area (Å²) >= 11 is 12.5. The fourth-order valence-electron chi connectivity index (χ4n) is 1.91. The molecule has 0 aliphatic carbocycles. The maximum atomic E-state index is 12.1. The van der Waals surface area contributed by atoms with Crippen LogP contribution in [0, 0.1) is 0 Å². The van der Waals surface area contributed by atoms with Crippen molar-refractivity contribution in [2.24, 2.45) is 0 Å². The zero-order valence-electron chi connectivity index (χ0n) is 13.8. The lowest BCUT2D eigenvalue weighted by Gasteiger charge is -2.16. The van der Waals surface area contributed by atoms with Crippen molar-refractivity contribution in [1.82, 2.24) is 10.9 Å². The summed E-state index contributed by atoms with van der Waals surface area (Å²) in [5.41, 5.74) is 5.02. The summed E-state index contributed by atoms with van der Waals surface area (Å²) in [5.74, 6) is 0.0814. The maximum absolute atomic E-state index is 12.1. The molecule has 2 aromatic carbocycles. The molecule has 1 atom stereocenters. The molecule has 1 unspecified atom stereocenters. The van der Waals surface area contributed by atoms with Crippen molar-refractivity contribution in [2.75, 3.05) is 7.11 Å². The van der Waals surface area contributed by atoms with E-state index in [1.54, 1.807) is 43.3 Å². The monoisotopic (exact) mass is 504 g/mol.